The second-order valence-electron chi connectivity index (χ2n) is 6.62. The molecule has 2 N–H and O–H groups in total. The molecule has 1 saturated heterocycles. The molecule has 0 bridgehead atoms. The molecule has 7 nitrogen and oxygen atoms in total. The van der Waals surface area contributed by atoms with Crippen molar-refractivity contribution >= 4 is 29.1 Å². The van der Waals surface area contributed by atoms with Gasteiger partial charge in [0.15, 0.2) is 0 Å². The van der Waals surface area contributed by atoms with Gasteiger partial charge in [0.2, 0.25) is 17.7 Å². The van der Waals surface area contributed by atoms with Crippen LogP contribution in [0.25, 0.3) is 0 Å². The van der Waals surface area contributed by atoms with Gasteiger partial charge in [0, 0.05) is 30.8 Å². The van der Waals surface area contributed by atoms with Crippen LogP contribution in [0.4, 0.5) is 11.4 Å². The van der Waals surface area contributed by atoms with Crippen molar-refractivity contribution in [1.82, 2.24) is 4.90 Å². The minimum absolute atomic E-state index is 0.0627. The van der Waals surface area contributed by atoms with Crippen molar-refractivity contribution in [2.75, 3.05) is 17.2 Å². The van der Waals surface area contributed by atoms with Crippen LogP contribution in [0.5, 0.6) is 0 Å². The third-order valence-corrected chi connectivity index (χ3v) is 4.70. The lowest BCUT2D eigenvalue weighted by molar-refractivity contribution is -0.128. The summed E-state index contributed by atoms with van der Waals surface area (Å²) in [4.78, 5) is 38.1. The van der Waals surface area contributed by atoms with Gasteiger partial charge in [-0.05, 0) is 36.8 Å². The molecule has 0 spiro atoms. The number of nitrogens with zero attached hydrogens (tertiary/aromatic N) is 1. The minimum Gasteiger partial charge on any atom is -0.467 e. The first-order chi connectivity index (χ1) is 13.0. The van der Waals surface area contributed by atoms with E-state index in [2.05, 4.69) is 10.6 Å². The average molecular weight is 369 g/mol. The summed E-state index contributed by atoms with van der Waals surface area (Å²) in [6.45, 7) is 4.34. The zero-order valence-corrected chi connectivity index (χ0v) is 15.5. The summed E-state index contributed by atoms with van der Waals surface area (Å²) in [6.07, 6.45) is 2.12. The van der Waals surface area contributed by atoms with E-state index in [1.807, 2.05) is 6.92 Å². The number of carbonyl (C=O) groups excluding carboxylic acids is 3. The first-order valence-electron chi connectivity index (χ1n) is 8.98. The Balaban J connectivity index is 1.64. The molecule has 3 rings (SSSR count). The van der Waals surface area contributed by atoms with Crippen molar-refractivity contribution in [3.63, 3.8) is 0 Å². The van der Waals surface area contributed by atoms with Gasteiger partial charge in [-0.2, -0.15) is 0 Å². The molecule has 0 aliphatic carbocycles. The lowest BCUT2D eigenvalue weighted by Gasteiger charge is -2.16. The Morgan fingerprint density at radius 2 is 1.93 bits per heavy atom. The van der Waals surface area contributed by atoms with E-state index in [0.717, 1.165) is 5.56 Å². The van der Waals surface area contributed by atoms with Crippen molar-refractivity contribution in [2.45, 2.75) is 33.2 Å². The summed E-state index contributed by atoms with van der Waals surface area (Å²) < 4.78 is 5.28. The number of hydrogen-bond acceptors (Lipinski definition) is 4. The van der Waals surface area contributed by atoms with Gasteiger partial charge in [0.05, 0.1) is 18.7 Å². The highest BCUT2D eigenvalue weighted by Gasteiger charge is 2.34. The summed E-state index contributed by atoms with van der Waals surface area (Å²) in [6, 6.07) is 8.93. The SMILES string of the molecule is CCC(=O)Nc1cccc(NC(=O)[C@H]2CC(=O)N(Cc3ccco3)C2)c1C. The second-order valence-corrected chi connectivity index (χ2v) is 6.62. The number of amides is 3. The van der Waals surface area contributed by atoms with Gasteiger partial charge in [-0.3, -0.25) is 14.4 Å². The van der Waals surface area contributed by atoms with E-state index in [-0.39, 0.29) is 24.1 Å². The van der Waals surface area contributed by atoms with E-state index in [1.54, 1.807) is 48.4 Å². The van der Waals surface area contributed by atoms with Crippen LogP contribution in [0.15, 0.2) is 41.0 Å². The van der Waals surface area contributed by atoms with Crippen LogP contribution < -0.4 is 10.6 Å². The van der Waals surface area contributed by atoms with Crippen molar-refractivity contribution in [2.24, 2.45) is 5.92 Å². The Labute approximate surface area is 157 Å². The molecule has 1 aromatic heterocycles. The number of carbonyl (C=O) groups is 3. The molecule has 0 radical (unpaired) electrons. The average Bonchev–Trinajstić information content (AvgIpc) is 3.29. The fourth-order valence-corrected chi connectivity index (χ4v) is 3.07. The molecule has 142 valence electrons. The Hall–Kier alpha value is -3.09. The highest BCUT2D eigenvalue weighted by atomic mass is 16.3. The van der Waals surface area contributed by atoms with Gasteiger partial charge in [-0.1, -0.05) is 13.0 Å². The number of likely N-dealkylation sites (tertiary alicyclic amines) is 1. The molecule has 3 amide bonds. The maximum atomic E-state index is 12.6. The van der Waals surface area contributed by atoms with Crippen molar-refractivity contribution in [3.05, 3.63) is 47.9 Å². The monoisotopic (exact) mass is 369 g/mol. The molecule has 2 aromatic rings. The standard InChI is InChI=1S/C20H23N3O4/c1-3-18(24)21-16-7-4-8-17(13(16)2)22-20(26)14-10-19(25)23(11-14)12-15-6-5-9-27-15/h4-9,14H,3,10-12H2,1-2H3,(H,21,24)(H,22,26)/t14-/m0/s1. The molecule has 0 unspecified atom stereocenters. The number of furan rings is 1. The predicted octanol–water partition coefficient (Wildman–Crippen LogP) is 2.92. The van der Waals surface area contributed by atoms with Gasteiger partial charge in [-0.15, -0.1) is 0 Å². The van der Waals surface area contributed by atoms with Crippen LogP contribution in [0.2, 0.25) is 0 Å². The molecule has 1 aromatic carbocycles. The summed E-state index contributed by atoms with van der Waals surface area (Å²) >= 11 is 0. The summed E-state index contributed by atoms with van der Waals surface area (Å²) in [5, 5.41) is 5.71. The molecule has 7 heteroatoms. The van der Waals surface area contributed by atoms with E-state index in [0.29, 0.717) is 36.6 Å². The summed E-state index contributed by atoms with van der Waals surface area (Å²) in [5.74, 6) is -0.0727. The van der Waals surface area contributed by atoms with Gasteiger partial charge in [-0.25, -0.2) is 0 Å². The van der Waals surface area contributed by atoms with Crippen LogP contribution in [0.3, 0.4) is 0 Å². The quantitative estimate of drug-likeness (QED) is 0.819. The molecule has 1 aliphatic heterocycles. The van der Waals surface area contributed by atoms with Gasteiger partial charge in [0.25, 0.3) is 0 Å². The van der Waals surface area contributed by atoms with E-state index in [4.69, 9.17) is 4.42 Å². The van der Waals surface area contributed by atoms with Crippen LogP contribution in [-0.4, -0.2) is 29.2 Å². The van der Waals surface area contributed by atoms with Crippen LogP contribution >= 0.6 is 0 Å². The predicted molar refractivity (Wildman–Crippen MR) is 101 cm³/mol. The summed E-state index contributed by atoms with van der Waals surface area (Å²) in [5.41, 5.74) is 2.08. The largest absolute Gasteiger partial charge is 0.467 e. The van der Waals surface area contributed by atoms with Crippen LogP contribution in [0.1, 0.15) is 31.1 Å². The molecular formula is C20H23N3O4. The zero-order chi connectivity index (χ0) is 19.4. The molecule has 27 heavy (non-hydrogen) atoms. The molecule has 2 heterocycles. The lowest BCUT2D eigenvalue weighted by Crippen LogP contribution is -2.28. The first-order valence-corrected chi connectivity index (χ1v) is 8.98. The number of hydrogen-bond donors (Lipinski definition) is 2. The first kappa shape index (κ1) is 18.7. The van der Waals surface area contributed by atoms with Crippen molar-refractivity contribution in [1.29, 1.82) is 0 Å². The molecule has 1 aliphatic rings. The van der Waals surface area contributed by atoms with E-state index in [1.165, 1.54) is 0 Å². The Bertz CT molecular complexity index is 845. The Kier molecular flexibility index (Phi) is 5.59. The third kappa shape index (κ3) is 4.36. The highest BCUT2D eigenvalue weighted by Crippen LogP contribution is 2.26. The maximum Gasteiger partial charge on any atom is 0.229 e. The maximum absolute atomic E-state index is 12.6. The van der Waals surface area contributed by atoms with Crippen molar-refractivity contribution < 1.29 is 18.8 Å². The van der Waals surface area contributed by atoms with Gasteiger partial charge in [0.1, 0.15) is 5.76 Å². The van der Waals surface area contributed by atoms with Crippen molar-refractivity contribution in [3.8, 4) is 0 Å². The van der Waals surface area contributed by atoms with Crippen LogP contribution in [-0.2, 0) is 20.9 Å². The van der Waals surface area contributed by atoms with Gasteiger partial charge < -0.3 is 20.0 Å². The summed E-state index contributed by atoms with van der Waals surface area (Å²) in [7, 11) is 0. The molecule has 1 fully saturated rings. The highest BCUT2D eigenvalue weighted by molar-refractivity contribution is 5.99. The van der Waals surface area contributed by atoms with Gasteiger partial charge >= 0.3 is 0 Å². The van der Waals surface area contributed by atoms with E-state index in [9.17, 15) is 14.4 Å². The topological polar surface area (TPSA) is 91.7 Å². The number of benzene rings is 1. The zero-order valence-electron chi connectivity index (χ0n) is 15.5. The smallest absolute Gasteiger partial charge is 0.229 e. The normalized spacial score (nSPS) is 16.4. The number of anilines is 2. The van der Waals surface area contributed by atoms with Crippen LogP contribution in [0, 0.1) is 12.8 Å². The molecule has 0 saturated carbocycles. The minimum atomic E-state index is -0.416. The lowest BCUT2D eigenvalue weighted by atomic mass is 10.1. The Morgan fingerprint density at radius 1 is 1.19 bits per heavy atom. The van der Waals surface area contributed by atoms with E-state index < -0.39 is 5.92 Å². The molecule has 1 atom stereocenters. The Morgan fingerprint density at radius 3 is 2.59 bits per heavy atom. The number of rotatable bonds is 6. The van der Waals surface area contributed by atoms with E-state index >= 15 is 0 Å². The fraction of sp³-hybridized carbons (Fsp3) is 0.350. The second kappa shape index (κ2) is 8.07. The third-order valence-electron chi connectivity index (χ3n) is 4.70. The number of nitrogens with one attached hydrogen (secondary N) is 2. The fourth-order valence-electron chi connectivity index (χ4n) is 3.07. The molecular weight excluding hydrogens is 346 g/mol.